The molecule has 0 saturated carbocycles. The fourth-order valence-corrected chi connectivity index (χ4v) is 2.81. The summed E-state index contributed by atoms with van der Waals surface area (Å²) in [5, 5.41) is 6.54. The van der Waals surface area contributed by atoms with Crippen LogP contribution in [0.25, 0.3) is 0 Å². The summed E-state index contributed by atoms with van der Waals surface area (Å²) < 4.78 is 25.4. The Morgan fingerprint density at radius 1 is 1.10 bits per heavy atom. The number of amides is 1. The predicted molar refractivity (Wildman–Crippen MR) is 113 cm³/mol. The summed E-state index contributed by atoms with van der Waals surface area (Å²) in [4.78, 5) is 27.5. The summed E-state index contributed by atoms with van der Waals surface area (Å²) in [5.41, 5.74) is 0.854. The van der Waals surface area contributed by atoms with Gasteiger partial charge in [0.25, 0.3) is 0 Å². The molecule has 0 fully saturated rings. The molecule has 3 rings (SSSR count). The van der Waals surface area contributed by atoms with Crippen LogP contribution in [0.2, 0.25) is 0 Å². The lowest BCUT2D eigenvalue weighted by Crippen LogP contribution is -2.11. The van der Waals surface area contributed by atoms with Crippen LogP contribution in [0.5, 0.6) is 11.5 Å². The zero-order chi connectivity index (χ0) is 22.6. The highest BCUT2D eigenvalue weighted by molar-refractivity contribution is 5.87. The van der Waals surface area contributed by atoms with Crippen molar-refractivity contribution in [1.82, 2.24) is 10.1 Å². The molecule has 1 amide bonds. The molecule has 162 valence electrons. The van der Waals surface area contributed by atoms with Crippen LogP contribution < -0.4 is 10.1 Å². The minimum atomic E-state index is -0.546. The van der Waals surface area contributed by atoms with Gasteiger partial charge >= 0.3 is 0 Å². The summed E-state index contributed by atoms with van der Waals surface area (Å²) in [6, 6.07) is 9.18. The van der Waals surface area contributed by atoms with Crippen molar-refractivity contribution in [2.24, 2.45) is 0 Å². The average molecular weight is 425 g/mol. The third-order valence-electron chi connectivity index (χ3n) is 4.38. The van der Waals surface area contributed by atoms with Gasteiger partial charge in [0.1, 0.15) is 34.7 Å². The largest absolute Gasteiger partial charge is 0.457 e. The van der Waals surface area contributed by atoms with Crippen LogP contribution in [0.15, 0.2) is 47.1 Å². The van der Waals surface area contributed by atoms with Crippen molar-refractivity contribution in [1.29, 1.82) is 0 Å². The monoisotopic (exact) mass is 425 g/mol. The molecule has 2 heterocycles. The fourth-order valence-electron chi connectivity index (χ4n) is 2.81. The molecule has 31 heavy (non-hydrogen) atoms. The first-order chi connectivity index (χ1) is 14.6. The Bertz CT molecular complexity index is 1100. The minimum Gasteiger partial charge on any atom is -0.457 e. The zero-order valence-electron chi connectivity index (χ0n) is 17.9. The van der Waals surface area contributed by atoms with E-state index in [0.29, 0.717) is 17.3 Å². The number of anilines is 1. The summed E-state index contributed by atoms with van der Waals surface area (Å²) >= 11 is 0. The lowest BCUT2D eigenvalue weighted by molar-refractivity contribution is -0.118. The van der Waals surface area contributed by atoms with Gasteiger partial charge in [-0.25, -0.2) is 9.37 Å². The van der Waals surface area contributed by atoms with Crippen molar-refractivity contribution < 1.29 is 23.2 Å². The van der Waals surface area contributed by atoms with Gasteiger partial charge in [-0.05, 0) is 17.7 Å². The lowest BCUT2D eigenvalue weighted by atomic mass is 9.92. The normalized spacial score (nSPS) is 11.3. The van der Waals surface area contributed by atoms with E-state index < -0.39 is 5.82 Å². The molecule has 3 aromatic rings. The molecule has 2 aromatic heterocycles. The number of nitrogens with one attached hydrogen (secondary N) is 1. The highest BCUT2D eigenvalue weighted by atomic mass is 19.1. The molecule has 1 aromatic carbocycles. The SMILES string of the molecule is CC(=O)Nc1cc(Oc2ccc(CC(=O)Cc3cc(C(C)(C)C)no3)c(F)c2)ccn1. The molecule has 0 bridgehead atoms. The number of pyridine rings is 1. The van der Waals surface area contributed by atoms with Gasteiger partial charge in [-0.15, -0.1) is 0 Å². The number of ether oxygens (including phenoxy) is 1. The second kappa shape index (κ2) is 9.07. The van der Waals surface area contributed by atoms with E-state index in [1.54, 1.807) is 18.2 Å². The van der Waals surface area contributed by atoms with E-state index in [0.717, 1.165) is 5.69 Å². The maximum Gasteiger partial charge on any atom is 0.222 e. The molecule has 0 unspecified atom stereocenters. The van der Waals surface area contributed by atoms with E-state index >= 15 is 0 Å². The van der Waals surface area contributed by atoms with Crippen LogP contribution in [-0.2, 0) is 27.8 Å². The Morgan fingerprint density at radius 2 is 1.84 bits per heavy atom. The fraction of sp³-hybridized carbons (Fsp3) is 0.304. The molecule has 0 aliphatic rings. The molecule has 0 saturated heterocycles. The van der Waals surface area contributed by atoms with Gasteiger partial charge in [-0.3, -0.25) is 9.59 Å². The number of hydrogen-bond acceptors (Lipinski definition) is 6. The molecule has 0 spiro atoms. The molecular formula is C23H24FN3O4. The van der Waals surface area contributed by atoms with E-state index in [-0.39, 0.29) is 41.3 Å². The van der Waals surface area contributed by atoms with Gasteiger partial charge in [0, 0.05) is 43.2 Å². The standard InChI is InChI=1S/C23H24FN3O4/c1-14(28)26-22-13-18(7-8-25-22)30-17-6-5-15(20(24)11-17)9-16(29)10-19-12-21(27-31-19)23(2,3)4/h5-8,11-13H,9-10H2,1-4H3,(H,25,26,28). The van der Waals surface area contributed by atoms with Gasteiger partial charge in [0.15, 0.2) is 0 Å². The van der Waals surface area contributed by atoms with Crippen LogP contribution in [-0.4, -0.2) is 21.8 Å². The van der Waals surface area contributed by atoms with Crippen molar-refractivity contribution in [3.05, 3.63) is 65.4 Å². The second-order valence-electron chi connectivity index (χ2n) is 8.23. The number of ketones is 1. The second-order valence-corrected chi connectivity index (χ2v) is 8.23. The topological polar surface area (TPSA) is 94.3 Å². The number of benzene rings is 1. The highest BCUT2D eigenvalue weighted by Crippen LogP contribution is 2.26. The van der Waals surface area contributed by atoms with E-state index in [2.05, 4.69) is 15.5 Å². The van der Waals surface area contributed by atoms with Crippen molar-refractivity contribution in [3.8, 4) is 11.5 Å². The number of hydrogen-bond donors (Lipinski definition) is 1. The van der Waals surface area contributed by atoms with Crippen molar-refractivity contribution in [3.63, 3.8) is 0 Å². The Hall–Kier alpha value is -3.55. The molecule has 0 aliphatic heterocycles. The number of rotatable bonds is 7. The van der Waals surface area contributed by atoms with Crippen LogP contribution in [0.3, 0.4) is 0 Å². The van der Waals surface area contributed by atoms with Gasteiger partial charge < -0.3 is 14.6 Å². The molecular weight excluding hydrogens is 401 g/mol. The summed E-state index contributed by atoms with van der Waals surface area (Å²) in [6.45, 7) is 7.38. The smallest absolute Gasteiger partial charge is 0.222 e. The highest BCUT2D eigenvalue weighted by Gasteiger charge is 2.20. The van der Waals surface area contributed by atoms with Crippen LogP contribution >= 0.6 is 0 Å². The Labute approximate surface area is 179 Å². The van der Waals surface area contributed by atoms with E-state index in [1.165, 1.54) is 31.3 Å². The number of Topliss-reactive ketones (excluding diaryl/α,β-unsaturated/α-hetero) is 1. The molecule has 0 radical (unpaired) electrons. The molecule has 8 heteroatoms. The van der Waals surface area contributed by atoms with Gasteiger partial charge in [-0.1, -0.05) is 32.0 Å². The third kappa shape index (κ3) is 6.21. The maximum atomic E-state index is 14.5. The van der Waals surface area contributed by atoms with Gasteiger partial charge in [0.2, 0.25) is 5.91 Å². The quantitative estimate of drug-likeness (QED) is 0.594. The Morgan fingerprint density at radius 3 is 2.48 bits per heavy atom. The van der Waals surface area contributed by atoms with E-state index in [4.69, 9.17) is 9.26 Å². The Balaban J connectivity index is 1.63. The summed E-state index contributed by atoms with van der Waals surface area (Å²) in [5.74, 6) is 0.455. The number of carbonyl (C=O) groups excluding carboxylic acids is 2. The number of halogens is 1. The zero-order valence-corrected chi connectivity index (χ0v) is 17.9. The van der Waals surface area contributed by atoms with E-state index in [9.17, 15) is 14.0 Å². The van der Waals surface area contributed by atoms with Crippen LogP contribution in [0, 0.1) is 5.82 Å². The van der Waals surface area contributed by atoms with Crippen molar-refractivity contribution >= 4 is 17.5 Å². The number of aromatic nitrogens is 2. The lowest BCUT2D eigenvalue weighted by Gasteiger charge is -2.12. The average Bonchev–Trinajstić information content (AvgIpc) is 3.12. The summed E-state index contributed by atoms with van der Waals surface area (Å²) in [6.07, 6.45) is 1.45. The van der Waals surface area contributed by atoms with E-state index in [1.807, 2.05) is 20.8 Å². The van der Waals surface area contributed by atoms with Crippen LogP contribution in [0.4, 0.5) is 10.2 Å². The minimum absolute atomic E-state index is 0.0453. The first kappa shape index (κ1) is 22.1. The molecule has 0 atom stereocenters. The van der Waals surface area contributed by atoms with Gasteiger partial charge in [-0.2, -0.15) is 0 Å². The summed E-state index contributed by atoms with van der Waals surface area (Å²) in [7, 11) is 0. The third-order valence-corrected chi connectivity index (χ3v) is 4.38. The molecule has 0 aliphatic carbocycles. The maximum absolute atomic E-state index is 14.5. The van der Waals surface area contributed by atoms with Crippen LogP contribution in [0.1, 0.15) is 44.7 Å². The number of carbonyl (C=O) groups is 2. The first-order valence-corrected chi connectivity index (χ1v) is 9.78. The van der Waals surface area contributed by atoms with Crippen molar-refractivity contribution in [2.45, 2.75) is 46.0 Å². The molecule has 7 nitrogen and oxygen atoms in total. The number of nitrogens with zero attached hydrogens (tertiary/aromatic N) is 2. The van der Waals surface area contributed by atoms with Crippen molar-refractivity contribution in [2.75, 3.05) is 5.32 Å². The Kier molecular flexibility index (Phi) is 6.48. The first-order valence-electron chi connectivity index (χ1n) is 9.78. The molecule has 1 N–H and O–H groups in total. The van der Waals surface area contributed by atoms with Gasteiger partial charge in [0.05, 0.1) is 12.1 Å². The predicted octanol–water partition coefficient (Wildman–Crippen LogP) is 4.61.